The Morgan fingerprint density at radius 2 is 1.72 bits per heavy atom. The van der Waals surface area contributed by atoms with Crippen LogP contribution in [0.2, 0.25) is 0 Å². The molecule has 1 aliphatic heterocycles. The van der Waals surface area contributed by atoms with E-state index in [1.54, 1.807) is 11.8 Å². The van der Waals surface area contributed by atoms with E-state index in [2.05, 4.69) is 12.1 Å². The van der Waals surface area contributed by atoms with E-state index >= 15 is 0 Å². The molecule has 3 rings (SSSR count). The number of carbonyl (C=O) groups excluding carboxylic acids is 2. The van der Waals surface area contributed by atoms with E-state index < -0.39 is 12.1 Å². The van der Waals surface area contributed by atoms with Crippen molar-refractivity contribution in [2.24, 2.45) is 5.92 Å². The summed E-state index contributed by atoms with van der Waals surface area (Å²) in [5.74, 6) is -0.273. The number of benzene rings is 2. The van der Waals surface area contributed by atoms with Gasteiger partial charge in [-0.1, -0.05) is 30.3 Å². The number of likely N-dealkylation sites (tertiary alicyclic amines) is 1. The summed E-state index contributed by atoms with van der Waals surface area (Å²) in [7, 11) is 0. The van der Waals surface area contributed by atoms with E-state index in [9.17, 15) is 14.0 Å². The molecular weight excluding hydrogens is 373 g/mol. The van der Waals surface area contributed by atoms with Gasteiger partial charge in [0.2, 0.25) is 0 Å². The smallest absolute Gasteiger partial charge is 0.344 e. The van der Waals surface area contributed by atoms with Crippen molar-refractivity contribution < 1.29 is 23.5 Å². The highest BCUT2D eigenvalue weighted by Crippen LogP contribution is 2.22. The second kappa shape index (κ2) is 10.0. The van der Waals surface area contributed by atoms with E-state index in [-0.39, 0.29) is 18.3 Å². The summed E-state index contributed by atoms with van der Waals surface area (Å²) in [6.07, 6.45) is 2.04. The maximum atomic E-state index is 12.9. The second-order valence-electron chi connectivity index (χ2n) is 7.33. The van der Waals surface area contributed by atoms with E-state index in [1.165, 1.54) is 29.8 Å². The van der Waals surface area contributed by atoms with Crippen LogP contribution >= 0.6 is 0 Å². The molecule has 0 aliphatic carbocycles. The number of carbonyl (C=O) groups is 2. The third-order valence-corrected chi connectivity index (χ3v) is 5.12. The van der Waals surface area contributed by atoms with Crippen LogP contribution in [-0.2, 0) is 20.7 Å². The molecule has 0 bridgehead atoms. The predicted molar refractivity (Wildman–Crippen MR) is 107 cm³/mol. The molecule has 1 aliphatic rings. The Bertz CT molecular complexity index is 801. The molecule has 1 unspecified atom stereocenters. The molecule has 0 spiro atoms. The van der Waals surface area contributed by atoms with Gasteiger partial charge in [0.05, 0.1) is 0 Å². The molecular formula is C23H26FNO4. The van der Waals surface area contributed by atoms with Crippen molar-refractivity contribution in [3.8, 4) is 5.75 Å². The number of piperidine rings is 1. The van der Waals surface area contributed by atoms with Gasteiger partial charge in [0.25, 0.3) is 5.91 Å². The fourth-order valence-corrected chi connectivity index (χ4v) is 3.52. The minimum Gasteiger partial charge on any atom is -0.482 e. The van der Waals surface area contributed by atoms with E-state index in [4.69, 9.17) is 9.47 Å². The molecule has 2 aromatic rings. The second-order valence-corrected chi connectivity index (χ2v) is 7.33. The first-order valence-corrected chi connectivity index (χ1v) is 9.92. The number of rotatable bonds is 7. The first-order valence-electron chi connectivity index (χ1n) is 9.92. The number of esters is 1. The third-order valence-electron chi connectivity index (χ3n) is 5.12. The van der Waals surface area contributed by atoms with Crippen LogP contribution in [0.4, 0.5) is 4.39 Å². The van der Waals surface area contributed by atoms with Crippen molar-refractivity contribution in [2.75, 3.05) is 19.7 Å². The van der Waals surface area contributed by atoms with Crippen LogP contribution < -0.4 is 4.74 Å². The number of ether oxygens (including phenoxy) is 2. The zero-order valence-electron chi connectivity index (χ0n) is 16.6. The van der Waals surface area contributed by atoms with E-state index in [0.29, 0.717) is 24.8 Å². The van der Waals surface area contributed by atoms with Gasteiger partial charge in [-0.2, -0.15) is 0 Å². The largest absolute Gasteiger partial charge is 0.482 e. The lowest BCUT2D eigenvalue weighted by atomic mass is 9.90. The summed E-state index contributed by atoms with van der Waals surface area (Å²) in [6.45, 7) is 2.59. The molecule has 1 amide bonds. The van der Waals surface area contributed by atoms with E-state index in [1.807, 2.05) is 18.2 Å². The Morgan fingerprint density at radius 1 is 1.07 bits per heavy atom. The summed E-state index contributed by atoms with van der Waals surface area (Å²) in [5, 5.41) is 0. The number of halogens is 1. The van der Waals surface area contributed by atoms with Gasteiger partial charge in [0, 0.05) is 13.1 Å². The highest BCUT2D eigenvalue weighted by molar-refractivity contribution is 5.83. The van der Waals surface area contributed by atoms with E-state index in [0.717, 1.165) is 19.3 Å². The van der Waals surface area contributed by atoms with Crippen molar-refractivity contribution >= 4 is 11.9 Å². The summed E-state index contributed by atoms with van der Waals surface area (Å²) >= 11 is 0. The maximum Gasteiger partial charge on any atom is 0.344 e. The monoisotopic (exact) mass is 399 g/mol. The molecule has 6 heteroatoms. The minimum atomic E-state index is -0.856. The van der Waals surface area contributed by atoms with Gasteiger partial charge in [-0.05, 0) is 61.9 Å². The van der Waals surface area contributed by atoms with Crippen LogP contribution in [0.15, 0.2) is 54.6 Å². The first kappa shape index (κ1) is 20.8. The van der Waals surface area contributed by atoms with Crippen LogP contribution in [0.5, 0.6) is 5.75 Å². The highest BCUT2D eigenvalue weighted by Gasteiger charge is 2.28. The number of amides is 1. The Labute approximate surface area is 170 Å². The fourth-order valence-electron chi connectivity index (χ4n) is 3.52. The normalized spacial score (nSPS) is 15.6. The quantitative estimate of drug-likeness (QED) is 0.668. The van der Waals surface area contributed by atoms with Crippen LogP contribution in [0.3, 0.4) is 0 Å². The Balaban J connectivity index is 1.39. The zero-order chi connectivity index (χ0) is 20.6. The number of hydrogen-bond donors (Lipinski definition) is 0. The summed E-state index contributed by atoms with van der Waals surface area (Å²) < 4.78 is 23.3. The zero-order valence-corrected chi connectivity index (χ0v) is 16.6. The third kappa shape index (κ3) is 6.31. The minimum absolute atomic E-state index is 0.182. The Hall–Kier alpha value is -2.89. The Kier molecular flexibility index (Phi) is 7.22. The average Bonchev–Trinajstić information content (AvgIpc) is 2.74. The van der Waals surface area contributed by atoms with Gasteiger partial charge >= 0.3 is 5.97 Å². The van der Waals surface area contributed by atoms with Crippen molar-refractivity contribution in [3.05, 3.63) is 66.0 Å². The van der Waals surface area contributed by atoms with Crippen LogP contribution in [-0.4, -0.2) is 42.6 Å². The maximum absolute atomic E-state index is 12.9. The molecule has 29 heavy (non-hydrogen) atoms. The van der Waals surface area contributed by atoms with Crippen LogP contribution in [0.1, 0.15) is 25.3 Å². The predicted octanol–water partition coefficient (Wildman–Crippen LogP) is 3.62. The standard InChI is InChI=1S/C23H26FNO4/c1-17(29-22(26)16-28-21-9-7-20(24)8-10-21)23(27)25-13-11-19(12-14-25)15-18-5-3-2-4-6-18/h2-10,17,19H,11-16H2,1H3. The molecule has 2 aromatic carbocycles. The molecule has 1 heterocycles. The molecule has 1 fully saturated rings. The van der Waals surface area contributed by atoms with Gasteiger partial charge in [-0.25, -0.2) is 9.18 Å². The fraction of sp³-hybridized carbons (Fsp3) is 0.391. The van der Waals surface area contributed by atoms with Gasteiger partial charge < -0.3 is 14.4 Å². The summed E-state index contributed by atoms with van der Waals surface area (Å²) in [5.41, 5.74) is 1.32. The average molecular weight is 399 g/mol. The molecule has 0 radical (unpaired) electrons. The van der Waals surface area contributed by atoms with Crippen LogP contribution in [0, 0.1) is 11.7 Å². The lowest BCUT2D eigenvalue weighted by Crippen LogP contribution is -2.44. The summed E-state index contributed by atoms with van der Waals surface area (Å²) in [6, 6.07) is 15.7. The Morgan fingerprint density at radius 3 is 2.38 bits per heavy atom. The first-order chi connectivity index (χ1) is 14.0. The van der Waals surface area contributed by atoms with Gasteiger partial charge in [-0.15, -0.1) is 0 Å². The number of nitrogens with zero attached hydrogens (tertiary/aromatic N) is 1. The van der Waals surface area contributed by atoms with Crippen molar-refractivity contribution in [3.63, 3.8) is 0 Å². The van der Waals surface area contributed by atoms with Gasteiger partial charge in [0.1, 0.15) is 11.6 Å². The molecule has 5 nitrogen and oxygen atoms in total. The molecule has 154 valence electrons. The topological polar surface area (TPSA) is 55.8 Å². The SMILES string of the molecule is CC(OC(=O)COc1ccc(F)cc1)C(=O)N1CCC(Cc2ccccc2)CC1. The molecule has 1 saturated heterocycles. The van der Waals surface area contributed by atoms with Crippen molar-refractivity contribution in [1.29, 1.82) is 0 Å². The lowest BCUT2D eigenvalue weighted by Gasteiger charge is -2.33. The highest BCUT2D eigenvalue weighted by atomic mass is 19.1. The van der Waals surface area contributed by atoms with Gasteiger partial charge in [0.15, 0.2) is 12.7 Å². The molecule has 0 N–H and O–H groups in total. The van der Waals surface area contributed by atoms with Crippen molar-refractivity contribution in [2.45, 2.75) is 32.3 Å². The molecule has 0 aromatic heterocycles. The molecule has 0 saturated carbocycles. The van der Waals surface area contributed by atoms with Crippen LogP contribution in [0.25, 0.3) is 0 Å². The summed E-state index contributed by atoms with van der Waals surface area (Å²) in [4.78, 5) is 26.3. The number of hydrogen-bond acceptors (Lipinski definition) is 4. The van der Waals surface area contributed by atoms with Crippen molar-refractivity contribution in [1.82, 2.24) is 4.90 Å². The molecule has 1 atom stereocenters. The van der Waals surface area contributed by atoms with Gasteiger partial charge in [-0.3, -0.25) is 4.79 Å². The lowest BCUT2D eigenvalue weighted by molar-refractivity contribution is -0.161.